The lowest BCUT2D eigenvalue weighted by molar-refractivity contribution is -0.384. The number of nitro groups is 1. The molecule has 0 spiro atoms. The fraction of sp³-hybridized carbons (Fsp3) is 0.400. The second-order valence-electron chi connectivity index (χ2n) is 8.32. The van der Waals surface area contributed by atoms with Crippen molar-refractivity contribution in [1.82, 2.24) is 5.32 Å². The third-order valence-electron chi connectivity index (χ3n) is 5.78. The molecule has 11 heteroatoms. The Labute approximate surface area is 208 Å². The summed E-state index contributed by atoms with van der Waals surface area (Å²) in [5.74, 6) is 1.03. The van der Waals surface area contributed by atoms with Crippen LogP contribution < -0.4 is 20.1 Å². The van der Waals surface area contributed by atoms with Crippen LogP contribution in [0.1, 0.15) is 30.7 Å². The Bertz CT molecular complexity index is 1090. The zero-order valence-corrected chi connectivity index (χ0v) is 19.7. The van der Waals surface area contributed by atoms with Crippen molar-refractivity contribution < 1.29 is 33.8 Å². The first-order valence-corrected chi connectivity index (χ1v) is 11.8. The number of fused-ring (bicyclic) bond motifs is 1. The third-order valence-corrected chi connectivity index (χ3v) is 5.78. The lowest BCUT2D eigenvalue weighted by Crippen LogP contribution is -2.35. The van der Waals surface area contributed by atoms with Gasteiger partial charge < -0.3 is 34.7 Å². The van der Waals surface area contributed by atoms with E-state index in [1.165, 1.54) is 12.1 Å². The van der Waals surface area contributed by atoms with Gasteiger partial charge >= 0.3 is 0 Å². The number of amides is 1. The molecule has 4 rings (SSSR count). The number of allylic oxidation sites excluding steroid dienone is 1. The van der Waals surface area contributed by atoms with Gasteiger partial charge in [0.1, 0.15) is 0 Å². The van der Waals surface area contributed by atoms with E-state index < -0.39 is 11.2 Å². The largest absolute Gasteiger partial charge is 0.459 e. The zero-order valence-electron chi connectivity index (χ0n) is 19.7. The van der Waals surface area contributed by atoms with Crippen LogP contribution in [0, 0.1) is 10.1 Å². The predicted molar refractivity (Wildman–Crippen MR) is 130 cm³/mol. The van der Waals surface area contributed by atoms with E-state index in [0.29, 0.717) is 56.1 Å². The lowest BCUT2D eigenvalue weighted by atomic mass is 9.92. The normalized spacial score (nSPS) is 18.2. The fourth-order valence-electron chi connectivity index (χ4n) is 3.89. The van der Waals surface area contributed by atoms with Gasteiger partial charge in [-0.25, -0.2) is 0 Å². The summed E-state index contributed by atoms with van der Waals surface area (Å²) >= 11 is 0. The number of nitro benzene ring substituents is 1. The van der Waals surface area contributed by atoms with Gasteiger partial charge in [0, 0.05) is 49.9 Å². The van der Waals surface area contributed by atoms with Gasteiger partial charge in [0.05, 0.1) is 11.5 Å². The highest BCUT2D eigenvalue weighted by atomic mass is 16.7. The number of benzene rings is 2. The molecule has 0 saturated heterocycles. The molecular weight excluding hydrogens is 470 g/mol. The maximum absolute atomic E-state index is 12.9. The van der Waals surface area contributed by atoms with Gasteiger partial charge in [-0.3, -0.25) is 14.9 Å². The molecule has 2 aliphatic heterocycles. The van der Waals surface area contributed by atoms with Crippen molar-refractivity contribution in [3.05, 3.63) is 70.0 Å². The van der Waals surface area contributed by atoms with E-state index in [1.54, 1.807) is 18.2 Å². The van der Waals surface area contributed by atoms with Crippen LogP contribution in [0.15, 0.2) is 54.3 Å². The van der Waals surface area contributed by atoms with Crippen molar-refractivity contribution in [2.45, 2.75) is 31.5 Å². The maximum Gasteiger partial charge on any atom is 0.286 e. The van der Waals surface area contributed by atoms with Crippen LogP contribution >= 0.6 is 0 Å². The van der Waals surface area contributed by atoms with Crippen LogP contribution in [0.2, 0.25) is 0 Å². The number of anilines is 1. The molecule has 192 valence electrons. The Kier molecular flexibility index (Phi) is 8.58. The zero-order chi connectivity index (χ0) is 25.3. The summed E-state index contributed by atoms with van der Waals surface area (Å²) in [6, 6.07) is 11.7. The Morgan fingerprint density at radius 1 is 1.11 bits per heavy atom. The van der Waals surface area contributed by atoms with Gasteiger partial charge in [-0.1, -0.05) is 6.07 Å². The number of hydrogen-bond acceptors (Lipinski definition) is 9. The average Bonchev–Trinajstić information content (AvgIpc) is 3.37. The van der Waals surface area contributed by atoms with Crippen LogP contribution in [0.5, 0.6) is 11.5 Å². The van der Waals surface area contributed by atoms with Gasteiger partial charge in [0.25, 0.3) is 11.6 Å². The molecule has 3 N–H and O–H groups in total. The standard InChI is InChI=1S/C25H29N3O8/c29-11-1-2-12-33-24-15-18(17-3-8-21-22(13-17)35-16-34-21)14-23(36-24)25(30)27-10-9-26-19-4-6-20(7-5-19)28(31)32/h3-8,13-14,18,24,26,29H,1-2,9-12,15-16H2,(H,27,30)/t18-,24+/m0/s1. The Morgan fingerprint density at radius 3 is 2.69 bits per heavy atom. The first kappa shape index (κ1) is 25.3. The first-order valence-electron chi connectivity index (χ1n) is 11.8. The van der Waals surface area contributed by atoms with E-state index in [1.807, 2.05) is 18.2 Å². The van der Waals surface area contributed by atoms with E-state index >= 15 is 0 Å². The average molecular weight is 500 g/mol. The summed E-state index contributed by atoms with van der Waals surface area (Å²) in [4.78, 5) is 23.2. The molecule has 1 amide bonds. The summed E-state index contributed by atoms with van der Waals surface area (Å²) in [6.07, 6.45) is 3.01. The van der Waals surface area contributed by atoms with Gasteiger partial charge in [-0.05, 0) is 48.7 Å². The van der Waals surface area contributed by atoms with Crippen LogP contribution in [0.3, 0.4) is 0 Å². The van der Waals surface area contributed by atoms with Crippen LogP contribution in [-0.2, 0) is 14.3 Å². The van der Waals surface area contributed by atoms with Crippen molar-refractivity contribution in [3.8, 4) is 11.5 Å². The van der Waals surface area contributed by atoms with Crippen LogP contribution in [0.4, 0.5) is 11.4 Å². The molecule has 0 aliphatic carbocycles. The number of unbranched alkanes of at least 4 members (excludes halogenated alkanes) is 1. The predicted octanol–water partition coefficient (Wildman–Crippen LogP) is 3.05. The van der Waals surface area contributed by atoms with E-state index in [0.717, 1.165) is 5.56 Å². The maximum atomic E-state index is 12.9. The molecular formula is C25H29N3O8. The molecule has 36 heavy (non-hydrogen) atoms. The minimum Gasteiger partial charge on any atom is -0.459 e. The number of rotatable bonds is 12. The van der Waals surface area contributed by atoms with Crippen molar-refractivity contribution in [2.75, 3.05) is 38.4 Å². The quantitative estimate of drug-likeness (QED) is 0.228. The van der Waals surface area contributed by atoms with Gasteiger partial charge in [-0.15, -0.1) is 0 Å². The van der Waals surface area contributed by atoms with E-state index in [-0.39, 0.29) is 36.7 Å². The minimum absolute atomic E-state index is 0.0142. The molecule has 0 radical (unpaired) electrons. The SMILES string of the molecule is O=C(NCCNc1ccc([N+](=O)[O-])cc1)C1=C[C@H](c2ccc3c(c2)OCO3)C[C@H](OCCCCO)O1. The smallest absolute Gasteiger partial charge is 0.286 e. The van der Waals surface area contributed by atoms with Gasteiger partial charge in [-0.2, -0.15) is 0 Å². The molecule has 0 fully saturated rings. The lowest BCUT2D eigenvalue weighted by Gasteiger charge is -2.29. The number of carbonyl (C=O) groups excluding carboxylic acids is 1. The first-order chi connectivity index (χ1) is 17.5. The highest BCUT2D eigenvalue weighted by Crippen LogP contribution is 2.38. The summed E-state index contributed by atoms with van der Waals surface area (Å²) < 4.78 is 22.6. The molecule has 2 aliphatic rings. The molecule has 2 atom stereocenters. The molecule has 0 unspecified atom stereocenters. The van der Waals surface area contributed by atoms with E-state index in [4.69, 9.17) is 24.1 Å². The van der Waals surface area contributed by atoms with Crippen molar-refractivity contribution in [3.63, 3.8) is 0 Å². The molecule has 2 heterocycles. The monoisotopic (exact) mass is 499 g/mol. The number of aliphatic hydroxyl groups is 1. The molecule has 0 aromatic heterocycles. The van der Waals surface area contributed by atoms with E-state index in [2.05, 4.69) is 10.6 Å². The number of nitrogens with one attached hydrogen (secondary N) is 2. The van der Waals surface area contributed by atoms with Crippen molar-refractivity contribution in [1.29, 1.82) is 0 Å². The van der Waals surface area contributed by atoms with E-state index in [9.17, 15) is 14.9 Å². The minimum atomic E-state index is -0.608. The van der Waals surface area contributed by atoms with Crippen LogP contribution in [-0.4, -0.2) is 55.3 Å². The molecule has 2 aromatic carbocycles. The van der Waals surface area contributed by atoms with Gasteiger partial charge in [0.15, 0.2) is 17.3 Å². The number of carbonyl (C=O) groups is 1. The number of nitrogens with zero attached hydrogens (tertiary/aromatic N) is 1. The van der Waals surface area contributed by atoms with Crippen LogP contribution in [0.25, 0.3) is 0 Å². The Balaban J connectivity index is 1.36. The number of non-ortho nitro benzene ring substituents is 1. The summed E-state index contributed by atoms with van der Waals surface area (Å²) in [7, 11) is 0. The van der Waals surface area contributed by atoms with Gasteiger partial charge in [0.2, 0.25) is 13.1 Å². The third kappa shape index (κ3) is 6.64. The summed E-state index contributed by atoms with van der Waals surface area (Å²) in [5.41, 5.74) is 1.68. The second-order valence-corrected chi connectivity index (χ2v) is 8.32. The molecule has 0 saturated carbocycles. The highest BCUT2D eigenvalue weighted by Gasteiger charge is 2.29. The fourth-order valence-corrected chi connectivity index (χ4v) is 3.89. The molecule has 11 nitrogen and oxygen atoms in total. The summed E-state index contributed by atoms with van der Waals surface area (Å²) in [5, 5.41) is 25.7. The summed E-state index contributed by atoms with van der Waals surface area (Å²) in [6.45, 7) is 1.42. The Hall–Kier alpha value is -3.83. The number of hydrogen-bond donors (Lipinski definition) is 3. The molecule has 2 aromatic rings. The highest BCUT2D eigenvalue weighted by molar-refractivity contribution is 5.91. The topological polar surface area (TPSA) is 141 Å². The van der Waals surface area contributed by atoms with Crippen molar-refractivity contribution >= 4 is 17.3 Å². The Morgan fingerprint density at radius 2 is 1.92 bits per heavy atom. The number of ether oxygens (including phenoxy) is 4. The second kappa shape index (κ2) is 12.2. The number of aliphatic hydroxyl groups excluding tert-OH is 1. The molecule has 0 bridgehead atoms. The van der Waals surface area contributed by atoms with Crippen molar-refractivity contribution in [2.24, 2.45) is 0 Å².